The van der Waals surface area contributed by atoms with Crippen molar-refractivity contribution < 1.29 is 22.7 Å². The van der Waals surface area contributed by atoms with Crippen molar-refractivity contribution in [3.63, 3.8) is 0 Å². The van der Waals surface area contributed by atoms with Gasteiger partial charge in [-0.25, -0.2) is 13.1 Å². The Bertz CT molecular complexity index is 851. The maximum absolute atomic E-state index is 12.6. The Labute approximate surface area is 150 Å². The van der Waals surface area contributed by atoms with Crippen LogP contribution in [0.15, 0.2) is 35.5 Å². The van der Waals surface area contributed by atoms with Gasteiger partial charge in [0.1, 0.15) is 17.3 Å². The second kappa shape index (κ2) is 8.32. The van der Waals surface area contributed by atoms with Crippen LogP contribution in [-0.2, 0) is 21.3 Å². The molecule has 1 N–H and O–H groups in total. The predicted molar refractivity (Wildman–Crippen MR) is 91.4 cm³/mol. The molecule has 1 heterocycles. The SMILES string of the molecule is CCn1cc(C(=O)NS(=O)(=O)c2cc(Cl)ccc2OCCOC)cn1. The Balaban J connectivity index is 2.25. The van der Waals surface area contributed by atoms with Crippen LogP contribution in [0.2, 0.25) is 5.02 Å². The number of halogens is 1. The zero-order valence-corrected chi connectivity index (χ0v) is 15.3. The highest BCUT2D eigenvalue weighted by molar-refractivity contribution is 7.90. The third kappa shape index (κ3) is 4.94. The number of carbonyl (C=O) groups is 1. The summed E-state index contributed by atoms with van der Waals surface area (Å²) in [6.45, 7) is 2.84. The molecule has 2 rings (SSSR count). The number of aryl methyl sites for hydroxylation is 1. The Kier molecular flexibility index (Phi) is 6.40. The molecule has 0 unspecified atom stereocenters. The molecule has 10 heteroatoms. The van der Waals surface area contributed by atoms with Crippen LogP contribution in [0.3, 0.4) is 0 Å². The molecule has 1 aromatic heterocycles. The van der Waals surface area contributed by atoms with Crippen molar-refractivity contribution in [1.82, 2.24) is 14.5 Å². The highest BCUT2D eigenvalue weighted by Crippen LogP contribution is 2.27. The summed E-state index contributed by atoms with van der Waals surface area (Å²) in [6.07, 6.45) is 2.75. The van der Waals surface area contributed by atoms with Crippen LogP contribution in [0.25, 0.3) is 0 Å². The molecule has 0 aliphatic carbocycles. The quantitative estimate of drug-likeness (QED) is 0.692. The van der Waals surface area contributed by atoms with Crippen LogP contribution in [0, 0.1) is 0 Å². The van der Waals surface area contributed by atoms with Gasteiger partial charge in [0.2, 0.25) is 0 Å². The van der Waals surface area contributed by atoms with Crippen LogP contribution >= 0.6 is 11.6 Å². The van der Waals surface area contributed by atoms with E-state index in [1.807, 2.05) is 11.6 Å². The second-order valence-corrected chi connectivity index (χ2v) is 7.04. The second-order valence-electron chi connectivity index (χ2n) is 4.95. The van der Waals surface area contributed by atoms with Crippen molar-refractivity contribution in [2.45, 2.75) is 18.4 Å². The zero-order chi connectivity index (χ0) is 18.4. The van der Waals surface area contributed by atoms with Gasteiger partial charge in [-0.05, 0) is 25.1 Å². The third-order valence-electron chi connectivity index (χ3n) is 3.19. The Morgan fingerprint density at radius 3 is 2.76 bits per heavy atom. The lowest BCUT2D eigenvalue weighted by Crippen LogP contribution is -2.30. The molecule has 2 aromatic rings. The van der Waals surface area contributed by atoms with Crippen molar-refractivity contribution in [2.75, 3.05) is 20.3 Å². The molecule has 25 heavy (non-hydrogen) atoms. The topological polar surface area (TPSA) is 99.5 Å². The van der Waals surface area contributed by atoms with E-state index in [-0.39, 0.29) is 34.4 Å². The summed E-state index contributed by atoms with van der Waals surface area (Å²) in [7, 11) is -2.68. The van der Waals surface area contributed by atoms with Gasteiger partial charge in [0.05, 0.1) is 18.4 Å². The molecule has 0 spiro atoms. The minimum Gasteiger partial charge on any atom is -0.490 e. The fraction of sp³-hybridized carbons (Fsp3) is 0.333. The van der Waals surface area contributed by atoms with Gasteiger partial charge < -0.3 is 9.47 Å². The molecule has 0 radical (unpaired) electrons. The number of hydrogen-bond donors (Lipinski definition) is 1. The average Bonchev–Trinajstić information content (AvgIpc) is 3.05. The van der Waals surface area contributed by atoms with Gasteiger partial charge in [0.15, 0.2) is 0 Å². The number of nitrogens with one attached hydrogen (secondary N) is 1. The van der Waals surface area contributed by atoms with E-state index in [1.54, 1.807) is 0 Å². The third-order valence-corrected chi connectivity index (χ3v) is 4.77. The van der Waals surface area contributed by atoms with Crippen molar-refractivity contribution >= 4 is 27.5 Å². The monoisotopic (exact) mass is 387 g/mol. The Morgan fingerprint density at radius 1 is 1.36 bits per heavy atom. The fourth-order valence-electron chi connectivity index (χ4n) is 1.94. The van der Waals surface area contributed by atoms with E-state index < -0.39 is 15.9 Å². The van der Waals surface area contributed by atoms with Gasteiger partial charge in [-0.3, -0.25) is 9.48 Å². The van der Waals surface area contributed by atoms with Gasteiger partial charge in [-0.15, -0.1) is 0 Å². The number of aromatic nitrogens is 2. The highest BCUT2D eigenvalue weighted by Gasteiger charge is 2.24. The molecule has 0 aliphatic rings. The van der Waals surface area contributed by atoms with Gasteiger partial charge in [-0.2, -0.15) is 5.10 Å². The first-order chi connectivity index (χ1) is 11.9. The lowest BCUT2D eigenvalue weighted by atomic mass is 10.3. The van der Waals surface area contributed by atoms with Crippen molar-refractivity contribution in [2.24, 2.45) is 0 Å². The van der Waals surface area contributed by atoms with Crippen LogP contribution in [0.4, 0.5) is 0 Å². The maximum atomic E-state index is 12.6. The van der Waals surface area contributed by atoms with E-state index in [0.717, 1.165) is 0 Å². The first-order valence-corrected chi connectivity index (χ1v) is 9.24. The smallest absolute Gasteiger partial charge is 0.268 e. The van der Waals surface area contributed by atoms with Crippen molar-refractivity contribution in [3.8, 4) is 5.75 Å². The fourth-order valence-corrected chi connectivity index (χ4v) is 3.32. The summed E-state index contributed by atoms with van der Waals surface area (Å²) in [6, 6.07) is 4.14. The Morgan fingerprint density at radius 2 is 2.12 bits per heavy atom. The minimum atomic E-state index is -4.18. The molecule has 0 fully saturated rings. The van der Waals surface area contributed by atoms with E-state index in [1.165, 1.54) is 42.4 Å². The number of amides is 1. The molecule has 0 atom stereocenters. The number of sulfonamides is 1. The van der Waals surface area contributed by atoms with Crippen LogP contribution in [0.5, 0.6) is 5.75 Å². The number of carbonyl (C=O) groups excluding carboxylic acids is 1. The lowest BCUT2D eigenvalue weighted by molar-refractivity contribution is 0.0981. The molecule has 0 saturated carbocycles. The van der Waals surface area contributed by atoms with Gasteiger partial charge in [0, 0.05) is 24.9 Å². The van der Waals surface area contributed by atoms with E-state index in [9.17, 15) is 13.2 Å². The molecular weight excluding hydrogens is 370 g/mol. The number of nitrogens with zero attached hydrogens (tertiary/aromatic N) is 2. The molecule has 0 bridgehead atoms. The van der Waals surface area contributed by atoms with E-state index in [4.69, 9.17) is 21.1 Å². The number of methoxy groups -OCH3 is 1. The average molecular weight is 388 g/mol. The number of ether oxygens (including phenoxy) is 2. The normalized spacial score (nSPS) is 11.3. The summed E-state index contributed by atoms with van der Waals surface area (Å²) >= 11 is 5.89. The number of rotatable bonds is 8. The Hall–Kier alpha value is -2.10. The number of hydrogen-bond acceptors (Lipinski definition) is 6. The standard InChI is InChI=1S/C15H18ClN3O5S/c1-3-19-10-11(9-17-19)15(20)18-25(21,22)14-8-12(16)4-5-13(14)24-7-6-23-2/h4-5,8-10H,3,6-7H2,1-2H3,(H,18,20). The van der Waals surface area contributed by atoms with Crippen molar-refractivity contribution in [3.05, 3.63) is 41.2 Å². The van der Waals surface area contributed by atoms with Crippen molar-refractivity contribution in [1.29, 1.82) is 0 Å². The molecule has 0 aliphatic heterocycles. The largest absolute Gasteiger partial charge is 0.490 e. The van der Waals surface area contributed by atoms with E-state index >= 15 is 0 Å². The molecule has 1 amide bonds. The molecular formula is C15H18ClN3O5S. The summed E-state index contributed by atoms with van der Waals surface area (Å²) in [4.78, 5) is 12.0. The first kappa shape index (κ1) is 19.2. The predicted octanol–water partition coefficient (Wildman–Crippen LogP) is 1.70. The summed E-state index contributed by atoms with van der Waals surface area (Å²) in [5.74, 6) is -0.714. The van der Waals surface area contributed by atoms with Crippen LogP contribution in [0.1, 0.15) is 17.3 Å². The lowest BCUT2D eigenvalue weighted by Gasteiger charge is -2.12. The van der Waals surface area contributed by atoms with E-state index in [0.29, 0.717) is 6.54 Å². The van der Waals surface area contributed by atoms with Gasteiger partial charge in [-0.1, -0.05) is 11.6 Å². The number of benzene rings is 1. The van der Waals surface area contributed by atoms with Gasteiger partial charge >= 0.3 is 0 Å². The molecule has 136 valence electrons. The molecule has 8 nitrogen and oxygen atoms in total. The minimum absolute atomic E-state index is 0.0750. The van der Waals surface area contributed by atoms with Crippen LogP contribution < -0.4 is 9.46 Å². The van der Waals surface area contributed by atoms with E-state index in [2.05, 4.69) is 5.10 Å². The van der Waals surface area contributed by atoms with Gasteiger partial charge in [0.25, 0.3) is 15.9 Å². The highest BCUT2D eigenvalue weighted by atomic mass is 35.5. The summed E-state index contributed by atoms with van der Waals surface area (Å²) in [5.41, 5.74) is 0.134. The molecule has 0 saturated heterocycles. The maximum Gasteiger partial charge on any atom is 0.268 e. The summed E-state index contributed by atoms with van der Waals surface area (Å²) in [5, 5.41) is 4.14. The summed E-state index contributed by atoms with van der Waals surface area (Å²) < 4.78 is 38.9. The molecule has 1 aromatic carbocycles. The zero-order valence-electron chi connectivity index (χ0n) is 13.7. The van der Waals surface area contributed by atoms with Crippen LogP contribution in [-0.4, -0.2) is 44.4 Å². The first-order valence-electron chi connectivity index (χ1n) is 7.38.